The Bertz CT molecular complexity index is 678. The lowest BCUT2D eigenvalue weighted by atomic mass is 10.3. The van der Waals surface area contributed by atoms with Gasteiger partial charge in [-0.25, -0.2) is 9.37 Å². The maximum atomic E-state index is 12.9. The molecular formula is C13H8ClFN2S. The Morgan fingerprint density at radius 1 is 1.17 bits per heavy atom. The highest BCUT2D eigenvalue weighted by molar-refractivity contribution is 7.22. The van der Waals surface area contributed by atoms with Gasteiger partial charge in [-0.1, -0.05) is 35.1 Å². The van der Waals surface area contributed by atoms with Crippen LogP contribution in [0, 0.1) is 5.82 Å². The number of benzene rings is 2. The minimum Gasteiger partial charge on any atom is -0.330 e. The molecule has 0 aliphatic rings. The van der Waals surface area contributed by atoms with E-state index in [9.17, 15) is 4.39 Å². The predicted octanol–water partition coefficient (Wildman–Crippen LogP) is 4.83. The molecule has 1 heterocycles. The topological polar surface area (TPSA) is 24.9 Å². The van der Waals surface area contributed by atoms with Gasteiger partial charge in [0, 0.05) is 0 Å². The number of anilines is 2. The summed E-state index contributed by atoms with van der Waals surface area (Å²) in [5.41, 5.74) is 1.58. The highest BCUT2D eigenvalue weighted by Crippen LogP contribution is 2.31. The standard InChI is InChI=1S/C13H8ClFN2S/c14-9-7-8(15)5-6-10(9)16-13-17-11-3-1-2-4-12(11)18-13/h1-7H,(H,16,17). The molecule has 5 heteroatoms. The van der Waals surface area contributed by atoms with Crippen molar-refractivity contribution in [3.05, 3.63) is 53.3 Å². The fourth-order valence-electron chi connectivity index (χ4n) is 1.63. The first-order valence-corrected chi connectivity index (χ1v) is 6.49. The lowest BCUT2D eigenvalue weighted by Crippen LogP contribution is -1.90. The molecule has 18 heavy (non-hydrogen) atoms. The second-order valence-electron chi connectivity index (χ2n) is 3.74. The van der Waals surface area contributed by atoms with Crippen molar-refractivity contribution in [1.29, 1.82) is 0 Å². The molecule has 90 valence electrons. The number of thiazole rings is 1. The summed E-state index contributed by atoms with van der Waals surface area (Å²) in [5.74, 6) is -0.352. The van der Waals surface area contributed by atoms with Crippen molar-refractivity contribution < 1.29 is 4.39 Å². The zero-order chi connectivity index (χ0) is 12.5. The molecular weight excluding hydrogens is 271 g/mol. The summed E-state index contributed by atoms with van der Waals surface area (Å²) < 4.78 is 14.0. The summed E-state index contributed by atoms with van der Waals surface area (Å²) in [5, 5.41) is 4.18. The van der Waals surface area contributed by atoms with Gasteiger partial charge in [-0.3, -0.25) is 0 Å². The van der Waals surface area contributed by atoms with Gasteiger partial charge in [0.15, 0.2) is 5.13 Å². The number of nitrogens with zero attached hydrogens (tertiary/aromatic N) is 1. The van der Waals surface area contributed by atoms with Crippen LogP contribution in [0.1, 0.15) is 0 Å². The Morgan fingerprint density at radius 3 is 2.78 bits per heavy atom. The van der Waals surface area contributed by atoms with E-state index in [0.29, 0.717) is 10.7 Å². The number of fused-ring (bicyclic) bond motifs is 1. The summed E-state index contributed by atoms with van der Waals surface area (Å²) in [6, 6.07) is 12.1. The van der Waals surface area contributed by atoms with E-state index in [1.807, 2.05) is 24.3 Å². The normalized spacial score (nSPS) is 10.8. The zero-order valence-corrected chi connectivity index (χ0v) is 10.7. The smallest absolute Gasteiger partial charge is 0.188 e. The number of rotatable bonds is 2. The fraction of sp³-hybridized carbons (Fsp3) is 0. The number of hydrogen-bond acceptors (Lipinski definition) is 3. The van der Waals surface area contributed by atoms with Crippen LogP contribution in [-0.4, -0.2) is 4.98 Å². The Morgan fingerprint density at radius 2 is 2.00 bits per heavy atom. The first-order chi connectivity index (χ1) is 8.72. The predicted molar refractivity (Wildman–Crippen MR) is 74.3 cm³/mol. The average molecular weight is 279 g/mol. The van der Waals surface area contributed by atoms with Crippen molar-refractivity contribution in [1.82, 2.24) is 4.98 Å². The van der Waals surface area contributed by atoms with Gasteiger partial charge in [0.25, 0.3) is 0 Å². The molecule has 3 rings (SSSR count). The van der Waals surface area contributed by atoms with Gasteiger partial charge < -0.3 is 5.32 Å². The minimum absolute atomic E-state index is 0.342. The second-order valence-corrected chi connectivity index (χ2v) is 5.17. The average Bonchev–Trinajstić information content (AvgIpc) is 2.75. The van der Waals surface area contributed by atoms with E-state index in [0.717, 1.165) is 15.3 Å². The third-order valence-electron chi connectivity index (χ3n) is 2.47. The summed E-state index contributed by atoms with van der Waals surface area (Å²) in [4.78, 5) is 4.43. The Labute approximate surface area is 112 Å². The molecule has 0 bridgehead atoms. The molecule has 0 radical (unpaired) electrons. The van der Waals surface area contributed by atoms with E-state index in [-0.39, 0.29) is 5.82 Å². The van der Waals surface area contributed by atoms with Crippen LogP contribution >= 0.6 is 22.9 Å². The molecule has 0 aliphatic heterocycles. The Kier molecular flexibility index (Phi) is 2.89. The molecule has 0 saturated carbocycles. The van der Waals surface area contributed by atoms with Crippen LogP contribution in [0.5, 0.6) is 0 Å². The molecule has 0 unspecified atom stereocenters. The van der Waals surface area contributed by atoms with Gasteiger partial charge in [0.2, 0.25) is 0 Å². The van der Waals surface area contributed by atoms with Crippen molar-refractivity contribution in [2.24, 2.45) is 0 Å². The number of halogens is 2. The highest BCUT2D eigenvalue weighted by Gasteiger charge is 2.06. The molecule has 0 aliphatic carbocycles. The van der Waals surface area contributed by atoms with Gasteiger partial charge in [-0.2, -0.15) is 0 Å². The van der Waals surface area contributed by atoms with Gasteiger partial charge in [-0.15, -0.1) is 0 Å². The second kappa shape index (κ2) is 4.55. The van der Waals surface area contributed by atoms with E-state index in [1.54, 1.807) is 6.07 Å². The summed E-state index contributed by atoms with van der Waals surface area (Å²) >= 11 is 7.48. The maximum absolute atomic E-state index is 12.9. The molecule has 0 amide bonds. The monoisotopic (exact) mass is 278 g/mol. The molecule has 1 aromatic heterocycles. The Hall–Kier alpha value is -1.65. The lowest BCUT2D eigenvalue weighted by Gasteiger charge is -2.04. The first kappa shape index (κ1) is 11.4. The van der Waals surface area contributed by atoms with E-state index in [2.05, 4.69) is 10.3 Å². The zero-order valence-electron chi connectivity index (χ0n) is 9.15. The summed E-state index contributed by atoms with van der Waals surface area (Å²) in [6.07, 6.45) is 0. The lowest BCUT2D eigenvalue weighted by molar-refractivity contribution is 0.628. The van der Waals surface area contributed by atoms with Crippen LogP contribution in [0.2, 0.25) is 5.02 Å². The van der Waals surface area contributed by atoms with E-state index >= 15 is 0 Å². The SMILES string of the molecule is Fc1ccc(Nc2nc3ccccc3s2)c(Cl)c1. The van der Waals surface area contributed by atoms with Crippen LogP contribution in [0.25, 0.3) is 10.2 Å². The number of para-hydroxylation sites is 1. The molecule has 3 aromatic rings. The molecule has 0 fully saturated rings. The quantitative estimate of drug-likeness (QED) is 0.726. The van der Waals surface area contributed by atoms with Crippen LogP contribution in [0.15, 0.2) is 42.5 Å². The van der Waals surface area contributed by atoms with Crippen molar-refractivity contribution in [2.45, 2.75) is 0 Å². The van der Waals surface area contributed by atoms with Crippen molar-refractivity contribution >= 4 is 44.0 Å². The summed E-state index contributed by atoms with van der Waals surface area (Å²) in [6.45, 7) is 0. The van der Waals surface area contributed by atoms with Gasteiger partial charge in [-0.05, 0) is 30.3 Å². The molecule has 0 saturated heterocycles. The van der Waals surface area contributed by atoms with Crippen molar-refractivity contribution in [3.8, 4) is 0 Å². The third-order valence-corrected chi connectivity index (χ3v) is 3.73. The fourth-order valence-corrected chi connectivity index (χ4v) is 2.72. The first-order valence-electron chi connectivity index (χ1n) is 5.30. The number of nitrogens with one attached hydrogen (secondary N) is 1. The molecule has 0 spiro atoms. The number of aromatic nitrogens is 1. The van der Waals surface area contributed by atoms with E-state index in [1.165, 1.54) is 23.5 Å². The van der Waals surface area contributed by atoms with Gasteiger partial charge >= 0.3 is 0 Å². The highest BCUT2D eigenvalue weighted by atomic mass is 35.5. The summed E-state index contributed by atoms with van der Waals surface area (Å²) in [7, 11) is 0. The number of hydrogen-bond donors (Lipinski definition) is 1. The van der Waals surface area contributed by atoms with Gasteiger partial charge in [0.05, 0.1) is 20.9 Å². The van der Waals surface area contributed by atoms with Crippen molar-refractivity contribution in [2.75, 3.05) is 5.32 Å². The van der Waals surface area contributed by atoms with Crippen LogP contribution < -0.4 is 5.32 Å². The van der Waals surface area contributed by atoms with Crippen LogP contribution in [0.4, 0.5) is 15.2 Å². The van der Waals surface area contributed by atoms with E-state index in [4.69, 9.17) is 11.6 Å². The van der Waals surface area contributed by atoms with Gasteiger partial charge in [0.1, 0.15) is 5.82 Å². The minimum atomic E-state index is -0.352. The third kappa shape index (κ3) is 2.17. The van der Waals surface area contributed by atoms with Crippen molar-refractivity contribution in [3.63, 3.8) is 0 Å². The molecule has 1 N–H and O–H groups in total. The molecule has 2 nitrogen and oxygen atoms in total. The molecule has 2 aromatic carbocycles. The Balaban J connectivity index is 1.96. The van der Waals surface area contributed by atoms with Crippen LogP contribution in [-0.2, 0) is 0 Å². The van der Waals surface area contributed by atoms with Crippen LogP contribution in [0.3, 0.4) is 0 Å². The largest absolute Gasteiger partial charge is 0.330 e. The maximum Gasteiger partial charge on any atom is 0.188 e. The van der Waals surface area contributed by atoms with E-state index < -0.39 is 0 Å². The molecule has 0 atom stereocenters.